The first-order valence-electron chi connectivity index (χ1n) is 9.21. The molecule has 1 aliphatic rings. The van der Waals surface area contributed by atoms with Crippen LogP contribution in [0.3, 0.4) is 0 Å². The van der Waals surface area contributed by atoms with Crippen LogP contribution in [-0.4, -0.2) is 39.0 Å². The summed E-state index contributed by atoms with van der Waals surface area (Å²) in [5, 5.41) is 12.2. The van der Waals surface area contributed by atoms with Gasteiger partial charge in [-0.15, -0.1) is 0 Å². The topological polar surface area (TPSA) is 69.6 Å². The van der Waals surface area contributed by atoms with E-state index in [9.17, 15) is 22.3 Å². The number of rotatable bonds is 7. The maximum Gasteiger partial charge on any atom is 0.341 e. The van der Waals surface area contributed by atoms with Crippen LogP contribution in [0.15, 0.2) is 53.4 Å². The van der Waals surface area contributed by atoms with Crippen LogP contribution >= 0.6 is 0 Å². The Labute approximate surface area is 163 Å². The zero-order chi connectivity index (χ0) is 20.1. The van der Waals surface area contributed by atoms with Gasteiger partial charge >= 0.3 is 5.76 Å². The quantitative estimate of drug-likeness (QED) is 0.731. The summed E-state index contributed by atoms with van der Waals surface area (Å²) in [4.78, 5) is 1.88. The number of hydrogen-bond donors (Lipinski definition) is 2. The lowest BCUT2D eigenvalue weighted by Crippen LogP contribution is -2.34. The molecular weight excluding hydrogens is 386 g/mol. The highest BCUT2D eigenvalue weighted by atomic mass is 32.2. The number of aliphatic hydroxyl groups excluding tert-OH is 1. The molecule has 1 aliphatic heterocycles. The van der Waals surface area contributed by atoms with Gasteiger partial charge in [0, 0.05) is 31.9 Å². The first kappa shape index (κ1) is 20.5. The van der Waals surface area contributed by atoms with E-state index in [0.29, 0.717) is 12.5 Å². The van der Waals surface area contributed by atoms with Crippen LogP contribution in [0.1, 0.15) is 18.4 Å². The Morgan fingerprint density at radius 1 is 1.07 bits per heavy atom. The van der Waals surface area contributed by atoms with Crippen molar-refractivity contribution < 1.29 is 22.3 Å². The minimum Gasteiger partial charge on any atom is -0.396 e. The smallest absolute Gasteiger partial charge is 0.341 e. The van der Waals surface area contributed by atoms with E-state index >= 15 is 0 Å². The van der Waals surface area contributed by atoms with Crippen molar-refractivity contribution in [3.63, 3.8) is 0 Å². The number of nitrogens with one attached hydrogen (secondary N) is 1. The molecule has 5 nitrogen and oxygen atoms in total. The second kappa shape index (κ2) is 8.87. The first-order chi connectivity index (χ1) is 13.4. The molecule has 0 spiro atoms. The molecule has 1 saturated heterocycles. The molecule has 0 bridgehead atoms. The van der Waals surface area contributed by atoms with E-state index in [4.69, 9.17) is 0 Å². The largest absolute Gasteiger partial charge is 0.396 e. The first-order valence-corrected chi connectivity index (χ1v) is 10.8. The fraction of sp³-hybridized carbons (Fsp3) is 0.400. The van der Waals surface area contributed by atoms with Crippen LogP contribution < -0.4 is 10.2 Å². The SMILES string of the molecule is O=S(=O)(c1ccccc1NCc1ccc(N2CCC(CO)CC2)cc1)C(F)F. The zero-order valence-electron chi connectivity index (χ0n) is 15.4. The maximum absolute atomic E-state index is 12.9. The Morgan fingerprint density at radius 3 is 2.32 bits per heavy atom. The van der Waals surface area contributed by atoms with Gasteiger partial charge in [0.15, 0.2) is 0 Å². The van der Waals surface area contributed by atoms with E-state index < -0.39 is 20.5 Å². The normalized spacial score (nSPS) is 15.8. The van der Waals surface area contributed by atoms with Crippen molar-refractivity contribution in [3.05, 3.63) is 54.1 Å². The standard InChI is InChI=1S/C20H24F2N2O3S/c21-20(22)28(26,27)19-4-2-1-3-18(19)23-13-15-5-7-17(8-6-15)24-11-9-16(14-25)10-12-24/h1-8,16,20,23,25H,9-14H2. The molecular formula is C20H24F2N2O3S. The van der Waals surface area contributed by atoms with Crippen molar-refractivity contribution in [2.24, 2.45) is 5.92 Å². The molecule has 1 fully saturated rings. The molecule has 0 aromatic heterocycles. The molecule has 28 heavy (non-hydrogen) atoms. The number of para-hydroxylation sites is 1. The molecule has 0 aliphatic carbocycles. The number of nitrogens with zero attached hydrogens (tertiary/aromatic N) is 1. The number of alkyl halides is 2. The summed E-state index contributed by atoms with van der Waals surface area (Å²) in [5.41, 5.74) is 2.18. The number of benzene rings is 2. The van der Waals surface area contributed by atoms with Gasteiger partial charge < -0.3 is 15.3 Å². The second-order valence-corrected chi connectivity index (χ2v) is 8.82. The lowest BCUT2D eigenvalue weighted by molar-refractivity contribution is 0.203. The number of hydrogen-bond acceptors (Lipinski definition) is 5. The number of aliphatic hydroxyl groups is 1. The highest BCUT2D eigenvalue weighted by Gasteiger charge is 2.28. The third-order valence-corrected chi connectivity index (χ3v) is 6.52. The van der Waals surface area contributed by atoms with E-state index in [1.807, 2.05) is 24.3 Å². The van der Waals surface area contributed by atoms with E-state index in [0.717, 1.165) is 37.2 Å². The Morgan fingerprint density at radius 2 is 1.71 bits per heavy atom. The maximum atomic E-state index is 12.9. The zero-order valence-corrected chi connectivity index (χ0v) is 16.2. The van der Waals surface area contributed by atoms with Gasteiger partial charge in [-0.25, -0.2) is 8.42 Å². The third-order valence-electron chi connectivity index (χ3n) is 5.09. The molecule has 2 aromatic carbocycles. The fourth-order valence-corrected chi connectivity index (χ4v) is 4.26. The van der Waals surface area contributed by atoms with Gasteiger partial charge in [0.25, 0.3) is 0 Å². The number of halogens is 2. The number of sulfone groups is 1. The molecule has 2 aromatic rings. The van der Waals surface area contributed by atoms with E-state index in [2.05, 4.69) is 10.2 Å². The van der Waals surface area contributed by atoms with Crippen LogP contribution in [0.5, 0.6) is 0 Å². The highest BCUT2D eigenvalue weighted by molar-refractivity contribution is 7.91. The molecule has 0 radical (unpaired) electrons. The fourth-order valence-electron chi connectivity index (χ4n) is 3.35. The highest BCUT2D eigenvalue weighted by Crippen LogP contribution is 2.27. The summed E-state index contributed by atoms with van der Waals surface area (Å²) in [6, 6.07) is 13.6. The molecule has 152 valence electrons. The van der Waals surface area contributed by atoms with Crippen LogP contribution in [0, 0.1) is 5.92 Å². The lowest BCUT2D eigenvalue weighted by atomic mass is 9.97. The predicted molar refractivity (Wildman–Crippen MR) is 105 cm³/mol. The average molecular weight is 410 g/mol. The summed E-state index contributed by atoms with van der Waals surface area (Å²) >= 11 is 0. The van der Waals surface area contributed by atoms with Gasteiger partial charge in [-0.3, -0.25) is 0 Å². The van der Waals surface area contributed by atoms with Crippen LogP contribution in [0.2, 0.25) is 0 Å². The van der Waals surface area contributed by atoms with Gasteiger partial charge in [-0.2, -0.15) is 8.78 Å². The minimum absolute atomic E-state index is 0.165. The summed E-state index contributed by atoms with van der Waals surface area (Å²) in [6.45, 7) is 2.37. The van der Waals surface area contributed by atoms with Crippen molar-refractivity contribution in [1.29, 1.82) is 0 Å². The second-order valence-electron chi connectivity index (χ2n) is 6.93. The van der Waals surface area contributed by atoms with E-state index in [1.165, 1.54) is 18.2 Å². The monoisotopic (exact) mass is 410 g/mol. The van der Waals surface area contributed by atoms with Crippen molar-refractivity contribution >= 4 is 21.2 Å². The predicted octanol–water partition coefficient (Wildman–Crippen LogP) is 3.50. The molecule has 2 N–H and O–H groups in total. The number of anilines is 2. The molecule has 8 heteroatoms. The van der Waals surface area contributed by atoms with Crippen molar-refractivity contribution in [3.8, 4) is 0 Å². The van der Waals surface area contributed by atoms with Gasteiger partial charge in [0.05, 0.1) is 10.6 Å². The van der Waals surface area contributed by atoms with Crippen molar-refractivity contribution in [1.82, 2.24) is 0 Å². The van der Waals surface area contributed by atoms with Gasteiger partial charge in [0.2, 0.25) is 9.84 Å². The Bertz CT molecular complexity index is 881. The van der Waals surface area contributed by atoms with Crippen LogP contribution in [0.4, 0.5) is 20.2 Å². The summed E-state index contributed by atoms with van der Waals surface area (Å²) < 4.78 is 49.4. The van der Waals surface area contributed by atoms with Crippen molar-refractivity contribution in [2.45, 2.75) is 30.0 Å². The Kier molecular flexibility index (Phi) is 6.51. The summed E-state index contributed by atoms with van der Waals surface area (Å²) in [5.74, 6) is -3.07. The molecule has 0 unspecified atom stereocenters. The Balaban J connectivity index is 1.65. The summed E-state index contributed by atoms with van der Waals surface area (Å²) in [7, 11) is -4.66. The van der Waals surface area contributed by atoms with E-state index in [-0.39, 0.29) is 12.3 Å². The Hall–Kier alpha value is -2.19. The molecule has 0 saturated carbocycles. The van der Waals surface area contributed by atoms with Crippen LogP contribution in [-0.2, 0) is 16.4 Å². The molecule has 3 rings (SSSR count). The average Bonchev–Trinajstić information content (AvgIpc) is 2.73. The molecule has 1 heterocycles. The van der Waals surface area contributed by atoms with Crippen LogP contribution in [0.25, 0.3) is 0 Å². The lowest BCUT2D eigenvalue weighted by Gasteiger charge is -2.33. The van der Waals surface area contributed by atoms with E-state index in [1.54, 1.807) is 6.07 Å². The van der Waals surface area contributed by atoms with Crippen molar-refractivity contribution in [2.75, 3.05) is 29.9 Å². The number of piperidine rings is 1. The third kappa shape index (κ3) is 4.62. The van der Waals surface area contributed by atoms with Gasteiger partial charge in [0.1, 0.15) is 0 Å². The van der Waals surface area contributed by atoms with Gasteiger partial charge in [-0.1, -0.05) is 24.3 Å². The van der Waals surface area contributed by atoms with Gasteiger partial charge in [-0.05, 0) is 48.6 Å². The molecule has 0 amide bonds. The molecule has 0 atom stereocenters. The minimum atomic E-state index is -4.66. The summed E-state index contributed by atoms with van der Waals surface area (Å²) in [6.07, 6.45) is 1.93.